The first kappa shape index (κ1) is 7.27. The molecule has 14 heavy (non-hydrogen) atoms. The van der Waals surface area contributed by atoms with Crippen molar-refractivity contribution in [3.8, 4) is 0 Å². The van der Waals surface area contributed by atoms with Gasteiger partial charge in [0.1, 0.15) is 0 Å². The van der Waals surface area contributed by atoms with Crippen LogP contribution in [0.1, 0.15) is 19.3 Å². The van der Waals surface area contributed by atoms with E-state index in [4.69, 9.17) is 0 Å². The Labute approximate surface area is 84.9 Å². The van der Waals surface area contributed by atoms with Crippen LogP contribution in [-0.2, 0) is 0 Å². The van der Waals surface area contributed by atoms with Crippen molar-refractivity contribution in [2.75, 3.05) is 6.61 Å². The summed E-state index contributed by atoms with van der Waals surface area (Å²) in [5, 5.41) is 9.24. The van der Waals surface area contributed by atoms with Crippen LogP contribution < -0.4 is 0 Å². The molecule has 5 fully saturated rings. The molecule has 0 aromatic carbocycles. The molecule has 1 heteroatoms. The first-order chi connectivity index (χ1) is 6.92. The van der Waals surface area contributed by atoms with Crippen LogP contribution in [0.15, 0.2) is 0 Å². The van der Waals surface area contributed by atoms with Crippen LogP contribution in [0.25, 0.3) is 0 Å². The molecule has 0 aliphatic heterocycles. The molecule has 1 N–H and O–H groups in total. The van der Waals surface area contributed by atoms with Gasteiger partial charge in [0, 0.05) is 6.61 Å². The van der Waals surface area contributed by atoms with Gasteiger partial charge in [-0.05, 0) is 72.5 Å². The second-order valence-corrected chi connectivity index (χ2v) is 6.63. The molecule has 9 atom stereocenters. The van der Waals surface area contributed by atoms with E-state index in [9.17, 15) is 5.11 Å². The van der Waals surface area contributed by atoms with Gasteiger partial charge in [-0.15, -0.1) is 0 Å². The fourth-order valence-corrected chi connectivity index (χ4v) is 6.35. The molecule has 0 saturated heterocycles. The lowest BCUT2D eigenvalue weighted by Gasteiger charge is -2.85. The first-order valence-electron chi connectivity index (χ1n) is 6.52. The Kier molecular flexibility index (Phi) is 1.00. The molecule has 5 aliphatic carbocycles. The average Bonchev–Trinajstić information content (AvgIpc) is 2.13. The van der Waals surface area contributed by atoms with Gasteiger partial charge in [0.15, 0.2) is 0 Å². The molecule has 0 amide bonds. The lowest BCUT2D eigenvalue weighted by atomic mass is 9.20. The summed E-state index contributed by atoms with van der Waals surface area (Å²) >= 11 is 0. The summed E-state index contributed by atoms with van der Waals surface area (Å²) in [5.74, 6) is 9.78. The standard InChI is InChI=1S/C13H18O/c14-4-5-3-8-9(5)13-11-7-2-1-6(7)10(11)12(8)13/h5-14H,1-4H2. The minimum atomic E-state index is 0.482. The van der Waals surface area contributed by atoms with Crippen LogP contribution in [-0.4, -0.2) is 11.7 Å². The van der Waals surface area contributed by atoms with Crippen molar-refractivity contribution in [2.45, 2.75) is 19.3 Å². The first-order valence-corrected chi connectivity index (χ1v) is 6.52. The molecule has 0 spiro atoms. The third-order valence-electron chi connectivity index (χ3n) is 6.94. The molecule has 0 radical (unpaired) electrons. The molecule has 5 aliphatic rings. The zero-order valence-electron chi connectivity index (χ0n) is 8.47. The Bertz CT molecular complexity index is 296. The number of fused-ring (bicyclic) bond motifs is 10. The van der Waals surface area contributed by atoms with Gasteiger partial charge >= 0.3 is 0 Å². The Morgan fingerprint density at radius 2 is 1.43 bits per heavy atom. The van der Waals surface area contributed by atoms with Crippen LogP contribution in [0.3, 0.4) is 0 Å². The van der Waals surface area contributed by atoms with Crippen LogP contribution >= 0.6 is 0 Å². The highest BCUT2D eigenvalue weighted by atomic mass is 16.3. The molecule has 0 aromatic heterocycles. The third kappa shape index (κ3) is 0.476. The van der Waals surface area contributed by atoms with Gasteiger partial charge in [-0.3, -0.25) is 0 Å². The smallest absolute Gasteiger partial charge is 0.0462 e. The van der Waals surface area contributed by atoms with Crippen LogP contribution in [0.2, 0.25) is 0 Å². The highest BCUT2D eigenvalue weighted by molar-refractivity contribution is 5.26. The van der Waals surface area contributed by atoms with Crippen molar-refractivity contribution in [3.63, 3.8) is 0 Å². The van der Waals surface area contributed by atoms with E-state index in [1.807, 2.05) is 0 Å². The third-order valence-corrected chi connectivity index (χ3v) is 6.94. The Morgan fingerprint density at radius 3 is 2.07 bits per heavy atom. The Balaban J connectivity index is 1.43. The maximum atomic E-state index is 9.24. The molecule has 76 valence electrons. The van der Waals surface area contributed by atoms with Crippen molar-refractivity contribution in [1.29, 1.82) is 0 Å². The summed E-state index contributed by atoms with van der Waals surface area (Å²) in [6, 6.07) is 0. The Morgan fingerprint density at radius 1 is 0.786 bits per heavy atom. The molecular formula is C13H18O. The minimum absolute atomic E-state index is 0.482. The average molecular weight is 190 g/mol. The monoisotopic (exact) mass is 190 g/mol. The van der Waals surface area contributed by atoms with E-state index in [0.717, 1.165) is 35.5 Å². The summed E-state index contributed by atoms with van der Waals surface area (Å²) in [6.45, 7) is 0.482. The van der Waals surface area contributed by atoms with Gasteiger partial charge in [0.25, 0.3) is 0 Å². The van der Waals surface area contributed by atoms with E-state index >= 15 is 0 Å². The van der Waals surface area contributed by atoms with Crippen LogP contribution in [0.4, 0.5) is 0 Å². The predicted octanol–water partition coefficient (Wildman–Crippen LogP) is 1.76. The van der Waals surface area contributed by atoms with Crippen molar-refractivity contribution in [1.82, 2.24) is 0 Å². The van der Waals surface area contributed by atoms with Gasteiger partial charge in [0.2, 0.25) is 0 Å². The highest BCUT2D eigenvalue weighted by Gasteiger charge is 2.79. The van der Waals surface area contributed by atoms with Gasteiger partial charge in [-0.2, -0.15) is 0 Å². The molecular weight excluding hydrogens is 172 g/mol. The molecule has 5 saturated carbocycles. The van der Waals surface area contributed by atoms with Gasteiger partial charge < -0.3 is 5.11 Å². The summed E-state index contributed by atoms with van der Waals surface area (Å²) in [5.41, 5.74) is 0. The SMILES string of the molecule is OCC1CC2C1C1C3C4CCC4C3C21. The molecule has 0 aromatic rings. The number of aliphatic hydroxyl groups is 1. The van der Waals surface area contributed by atoms with E-state index in [2.05, 4.69) is 0 Å². The fourth-order valence-electron chi connectivity index (χ4n) is 6.35. The maximum Gasteiger partial charge on any atom is 0.0462 e. The van der Waals surface area contributed by atoms with Crippen molar-refractivity contribution < 1.29 is 5.11 Å². The predicted molar refractivity (Wildman–Crippen MR) is 52.3 cm³/mol. The summed E-state index contributed by atoms with van der Waals surface area (Å²) in [7, 11) is 0. The van der Waals surface area contributed by atoms with Crippen molar-refractivity contribution >= 4 is 0 Å². The van der Waals surface area contributed by atoms with E-state index < -0.39 is 0 Å². The fraction of sp³-hybridized carbons (Fsp3) is 1.00. The maximum absolute atomic E-state index is 9.24. The van der Waals surface area contributed by atoms with Crippen molar-refractivity contribution in [3.05, 3.63) is 0 Å². The van der Waals surface area contributed by atoms with Gasteiger partial charge in [-0.1, -0.05) is 0 Å². The van der Waals surface area contributed by atoms with E-state index in [-0.39, 0.29) is 0 Å². The zero-order chi connectivity index (χ0) is 9.02. The number of rotatable bonds is 1. The highest BCUT2D eigenvalue weighted by Crippen LogP contribution is 2.83. The summed E-state index contributed by atoms with van der Waals surface area (Å²) in [4.78, 5) is 0. The molecule has 0 bridgehead atoms. The number of aliphatic hydroxyl groups excluding tert-OH is 1. The lowest BCUT2D eigenvalue weighted by molar-refractivity contribution is -0.376. The second kappa shape index (κ2) is 1.93. The largest absolute Gasteiger partial charge is 0.396 e. The lowest BCUT2D eigenvalue weighted by Crippen LogP contribution is -2.80. The number of hydrogen-bond donors (Lipinski definition) is 1. The van der Waals surface area contributed by atoms with Crippen LogP contribution in [0, 0.1) is 53.3 Å². The topological polar surface area (TPSA) is 20.2 Å². The molecule has 9 unspecified atom stereocenters. The van der Waals surface area contributed by atoms with Gasteiger partial charge in [-0.25, -0.2) is 0 Å². The van der Waals surface area contributed by atoms with Gasteiger partial charge in [0.05, 0.1) is 0 Å². The van der Waals surface area contributed by atoms with E-state index in [1.165, 1.54) is 24.2 Å². The Hall–Kier alpha value is -0.0400. The quantitative estimate of drug-likeness (QED) is 0.625. The summed E-state index contributed by atoms with van der Waals surface area (Å²) in [6.07, 6.45) is 4.50. The molecule has 5 rings (SSSR count). The second-order valence-electron chi connectivity index (χ2n) is 6.63. The summed E-state index contributed by atoms with van der Waals surface area (Å²) < 4.78 is 0. The minimum Gasteiger partial charge on any atom is -0.396 e. The normalized spacial score (nSPS) is 75.6. The molecule has 1 nitrogen and oxygen atoms in total. The van der Waals surface area contributed by atoms with Crippen molar-refractivity contribution in [2.24, 2.45) is 53.3 Å². The van der Waals surface area contributed by atoms with E-state index in [1.54, 1.807) is 12.8 Å². The zero-order valence-corrected chi connectivity index (χ0v) is 8.47. The number of hydrogen-bond acceptors (Lipinski definition) is 1. The van der Waals surface area contributed by atoms with Crippen LogP contribution in [0.5, 0.6) is 0 Å². The van der Waals surface area contributed by atoms with E-state index in [0.29, 0.717) is 6.61 Å². The molecule has 0 heterocycles.